The van der Waals surface area contributed by atoms with E-state index in [1.165, 1.54) is 0 Å². The zero-order chi connectivity index (χ0) is 13.6. The van der Waals surface area contributed by atoms with Gasteiger partial charge in [0.25, 0.3) is 0 Å². The van der Waals surface area contributed by atoms with Crippen LogP contribution < -0.4 is 0 Å². The molecule has 0 aliphatic heterocycles. The van der Waals surface area contributed by atoms with E-state index in [9.17, 15) is 8.42 Å². The summed E-state index contributed by atoms with van der Waals surface area (Å²) < 4.78 is 33.6. The Hall–Kier alpha value is -0.130. The van der Waals surface area contributed by atoms with Gasteiger partial charge in [0.05, 0.1) is 12.2 Å². The number of hydrogen-bond donors (Lipinski definition) is 0. The van der Waals surface area contributed by atoms with E-state index in [0.717, 1.165) is 0 Å². The van der Waals surface area contributed by atoms with Gasteiger partial charge in [0, 0.05) is 0 Å². The van der Waals surface area contributed by atoms with Crippen molar-refractivity contribution in [2.24, 2.45) is 11.8 Å². The molecule has 2 unspecified atom stereocenters. The highest BCUT2D eigenvalue weighted by molar-refractivity contribution is 7.81. The minimum absolute atomic E-state index is 0.150. The van der Waals surface area contributed by atoms with E-state index in [-0.39, 0.29) is 24.0 Å². The molecular weight excluding hydrogens is 240 g/mol. The van der Waals surface area contributed by atoms with Gasteiger partial charge in [0.15, 0.2) is 0 Å². The molecule has 17 heavy (non-hydrogen) atoms. The highest BCUT2D eigenvalue weighted by Gasteiger charge is 2.26. The molecule has 0 amide bonds. The summed E-state index contributed by atoms with van der Waals surface area (Å²) >= 11 is 0. The average molecular weight is 266 g/mol. The second-order valence-electron chi connectivity index (χ2n) is 4.98. The first-order valence-corrected chi connectivity index (χ1v) is 7.68. The third-order valence-corrected chi connectivity index (χ3v) is 3.74. The van der Waals surface area contributed by atoms with Crippen molar-refractivity contribution in [3.63, 3.8) is 0 Å². The Labute approximate surface area is 106 Å². The molecule has 0 spiro atoms. The second kappa shape index (κ2) is 7.34. The van der Waals surface area contributed by atoms with Crippen molar-refractivity contribution in [2.75, 3.05) is 0 Å². The Bertz CT molecular complexity index is 272. The second-order valence-corrected chi connectivity index (χ2v) is 6.18. The van der Waals surface area contributed by atoms with Gasteiger partial charge in [-0.15, -0.1) is 0 Å². The zero-order valence-electron chi connectivity index (χ0n) is 11.8. The fourth-order valence-corrected chi connectivity index (χ4v) is 2.99. The molecule has 0 radical (unpaired) electrons. The zero-order valence-corrected chi connectivity index (χ0v) is 12.6. The summed E-state index contributed by atoms with van der Waals surface area (Å²) in [5, 5.41) is 0. The SMILES string of the molecule is CCC(OS(=O)(=O)OC(CC)C(C)C)C(C)C. The van der Waals surface area contributed by atoms with E-state index in [2.05, 4.69) is 0 Å². The lowest BCUT2D eigenvalue weighted by atomic mass is 10.1. The van der Waals surface area contributed by atoms with Gasteiger partial charge < -0.3 is 0 Å². The maximum absolute atomic E-state index is 11.7. The van der Waals surface area contributed by atoms with Crippen LogP contribution in [-0.4, -0.2) is 20.6 Å². The van der Waals surface area contributed by atoms with Crippen molar-refractivity contribution in [1.82, 2.24) is 0 Å². The molecule has 0 fully saturated rings. The van der Waals surface area contributed by atoms with E-state index >= 15 is 0 Å². The highest BCUT2D eigenvalue weighted by Crippen LogP contribution is 2.19. The molecule has 0 aliphatic carbocycles. The number of rotatable bonds is 8. The molecule has 4 nitrogen and oxygen atoms in total. The summed E-state index contributed by atoms with van der Waals surface area (Å²) in [6, 6.07) is 0. The summed E-state index contributed by atoms with van der Waals surface area (Å²) in [7, 11) is -3.89. The third-order valence-electron chi connectivity index (χ3n) is 2.77. The molecule has 0 N–H and O–H groups in total. The van der Waals surface area contributed by atoms with E-state index in [4.69, 9.17) is 8.37 Å². The fraction of sp³-hybridized carbons (Fsp3) is 1.00. The summed E-state index contributed by atoms with van der Waals surface area (Å²) in [6.07, 6.45) is 0.673. The van der Waals surface area contributed by atoms with Crippen LogP contribution in [0.1, 0.15) is 54.4 Å². The topological polar surface area (TPSA) is 52.6 Å². The predicted octanol–water partition coefficient (Wildman–Crippen LogP) is 3.13. The molecule has 0 aromatic carbocycles. The lowest BCUT2D eigenvalue weighted by Crippen LogP contribution is -2.29. The molecule has 104 valence electrons. The molecule has 0 heterocycles. The summed E-state index contributed by atoms with van der Waals surface area (Å²) in [4.78, 5) is 0. The van der Waals surface area contributed by atoms with Crippen LogP contribution in [0.15, 0.2) is 0 Å². The molecular formula is C12H26O4S. The van der Waals surface area contributed by atoms with Gasteiger partial charge in [-0.1, -0.05) is 41.5 Å². The first-order chi connectivity index (χ1) is 7.73. The lowest BCUT2D eigenvalue weighted by Gasteiger charge is -2.23. The van der Waals surface area contributed by atoms with Crippen LogP contribution in [0.4, 0.5) is 0 Å². The average Bonchev–Trinajstić information content (AvgIpc) is 2.22. The maximum Gasteiger partial charge on any atom is 0.400 e. The van der Waals surface area contributed by atoms with Gasteiger partial charge in [-0.25, -0.2) is 8.37 Å². The summed E-state index contributed by atoms with van der Waals surface area (Å²) in [5.74, 6) is 0.301. The highest BCUT2D eigenvalue weighted by atomic mass is 32.3. The molecule has 0 saturated heterocycles. The molecule has 0 rings (SSSR count). The van der Waals surface area contributed by atoms with Gasteiger partial charge in [-0.2, -0.15) is 8.42 Å². The fourth-order valence-electron chi connectivity index (χ4n) is 1.63. The van der Waals surface area contributed by atoms with E-state index in [1.807, 2.05) is 41.5 Å². The Balaban J connectivity index is 4.57. The van der Waals surface area contributed by atoms with Crippen molar-refractivity contribution in [2.45, 2.75) is 66.6 Å². The first-order valence-electron chi connectivity index (χ1n) is 6.34. The lowest BCUT2D eigenvalue weighted by molar-refractivity contribution is 0.0795. The van der Waals surface area contributed by atoms with Crippen molar-refractivity contribution >= 4 is 10.4 Å². The van der Waals surface area contributed by atoms with Crippen LogP contribution in [0.5, 0.6) is 0 Å². The molecule has 0 aromatic heterocycles. The van der Waals surface area contributed by atoms with Gasteiger partial charge in [0.2, 0.25) is 0 Å². The van der Waals surface area contributed by atoms with Crippen LogP contribution in [0.2, 0.25) is 0 Å². The monoisotopic (exact) mass is 266 g/mol. The molecule has 0 aromatic rings. The van der Waals surface area contributed by atoms with Crippen LogP contribution in [0, 0.1) is 11.8 Å². The van der Waals surface area contributed by atoms with Crippen LogP contribution in [0.25, 0.3) is 0 Å². The van der Waals surface area contributed by atoms with Crippen molar-refractivity contribution < 1.29 is 16.8 Å². The van der Waals surface area contributed by atoms with Gasteiger partial charge in [-0.05, 0) is 24.7 Å². The van der Waals surface area contributed by atoms with Crippen molar-refractivity contribution in [3.8, 4) is 0 Å². The van der Waals surface area contributed by atoms with Gasteiger partial charge in [-0.3, -0.25) is 0 Å². The number of hydrogen-bond acceptors (Lipinski definition) is 4. The van der Waals surface area contributed by atoms with Crippen LogP contribution >= 0.6 is 0 Å². The minimum Gasteiger partial charge on any atom is -0.245 e. The normalized spacial score (nSPS) is 16.5. The molecule has 0 bridgehead atoms. The van der Waals surface area contributed by atoms with E-state index in [1.54, 1.807) is 0 Å². The quantitative estimate of drug-likeness (QED) is 0.677. The summed E-state index contributed by atoms with van der Waals surface area (Å²) in [5.41, 5.74) is 0. The Morgan fingerprint density at radius 3 is 1.29 bits per heavy atom. The standard InChI is InChI=1S/C12H26O4S/c1-7-11(9(3)4)15-17(13,14)16-12(8-2)10(5)6/h9-12H,7-8H2,1-6H3. The van der Waals surface area contributed by atoms with Crippen LogP contribution in [0.3, 0.4) is 0 Å². The smallest absolute Gasteiger partial charge is 0.245 e. The molecule has 5 heteroatoms. The maximum atomic E-state index is 11.7. The molecule has 0 saturated carbocycles. The molecule has 2 atom stereocenters. The van der Waals surface area contributed by atoms with Gasteiger partial charge >= 0.3 is 10.4 Å². The largest absolute Gasteiger partial charge is 0.400 e. The predicted molar refractivity (Wildman–Crippen MR) is 68.9 cm³/mol. The van der Waals surface area contributed by atoms with Crippen LogP contribution in [-0.2, 0) is 18.8 Å². The molecule has 0 aliphatic rings. The minimum atomic E-state index is -3.89. The van der Waals surface area contributed by atoms with Gasteiger partial charge in [0.1, 0.15) is 0 Å². The third kappa shape index (κ3) is 6.38. The van der Waals surface area contributed by atoms with Crippen molar-refractivity contribution in [3.05, 3.63) is 0 Å². The van der Waals surface area contributed by atoms with E-state index < -0.39 is 10.4 Å². The Morgan fingerprint density at radius 2 is 1.12 bits per heavy atom. The Morgan fingerprint density at radius 1 is 0.824 bits per heavy atom. The first kappa shape index (κ1) is 16.9. The Kier molecular flexibility index (Phi) is 7.28. The van der Waals surface area contributed by atoms with E-state index in [0.29, 0.717) is 12.8 Å². The summed E-state index contributed by atoms with van der Waals surface area (Å²) in [6.45, 7) is 11.5. The van der Waals surface area contributed by atoms with Crippen molar-refractivity contribution in [1.29, 1.82) is 0 Å².